The molecule has 6 heteroatoms. The van der Waals surface area contributed by atoms with Crippen LogP contribution < -0.4 is 10.6 Å². The minimum atomic E-state index is -0.191. The van der Waals surface area contributed by atoms with Crippen LogP contribution in [0.25, 0.3) is 0 Å². The van der Waals surface area contributed by atoms with E-state index in [0.29, 0.717) is 5.41 Å². The molecule has 0 saturated heterocycles. The number of hydrogen-bond acceptors (Lipinski definition) is 3. The van der Waals surface area contributed by atoms with Gasteiger partial charge in [-0.2, -0.15) is 0 Å². The summed E-state index contributed by atoms with van der Waals surface area (Å²) in [5.74, 6) is 0.664. The van der Waals surface area contributed by atoms with Crippen molar-refractivity contribution in [1.29, 1.82) is 0 Å². The molecule has 5 nitrogen and oxygen atoms in total. The highest BCUT2D eigenvalue weighted by molar-refractivity contribution is 5.79. The molecule has 27 heavy (non-hydrogen) atoms. The van der Waals surface area contributed by atoms with E-state index >= 15 is 0 Å². The van der Waals surface area contributed by atoms with Crippen molar-refractivity contribution >= 4 is 5.96 Å². The van der Waals surface area contributed by atoms with Gasteiger partial charge in [0.1, 0.15) is 5.82 Å². The zero-order valence-corrected chi connectivity index (χ0v) is 17.1. The van der Waals surface area contributed by atoms with E-state index in [-0.39, 0.29) is 5.82 Å². The number of rotatable bonds is 10. The van der Waals surface area contributed by atoms with E-state index in [1.807, 2.05) is 19.2 Å². The summed E-state index contributed by atoms with van der Waals surface area (Å²) in [6, 6.07) is 6.69. The van der Waals surface area contributed by atoms with Crippen LogP contribution in [0.1, 0.15) is 37.7 Å². The lowest BCUT2D eigenvalue weighted by molar-refractivity contribution is 0.138. The van der Waals surface area contributed by atoms with E-state index < -0.39 is 0 Å². The molecular weight excluding hydrogens is 343 g/mol. The molecule has 1 aliphatic rings. The number of ether oxygens (including phenoxy) is 1. The zero-order chi connectivity index (χ0) is 19.5. The Kier molecular flexibility index (Phi) is 9.01. The van der Waals surface area contributed by atoms with Gasteiger partial charge >= 0.3 is 0 Å². The van der Waals surface area contributed by atoms with Crippen molar-refractivity contribution in [1.82, 2.24) is 15.5 Å². The fourth-order valence-corrected chi connectivity index (χ4v) is 3.80. The first-order chi connectivity index (χ1) is 13.1. The van der Waals surface area contributed by atoms with Crippen LogP contribution in [0, 0.1) is 11.2 Å². The predicted molar refractivity (Wildman–Crippen MR) is 109 cm³/mol. The van der Waals surface area contributed by atoms with Gasteiger partial charge in [0, 0.05) is 46.9 Å². The average Bonchev–Trinajstić information content (AvgIpc) is 3.14. The van der Waals surface area contributed by atoms with E-state index in [0.717, 1.165) is 50.7 Å². The highest BCUT2D eigenvalue weighted by atomic mass is 19.1. The Morgan fingerprint density at radius 1 is 1.22 bits per heavy atom. The molecule has 1 saturated carbocycles. The van der Waals surface area contributed by atoms with Crippen LogP contribution in [0.2, 0.25) is 0 Å². The maximum Gasteiger partial charge on any atom is 0.191 e. The van der Waals surface area contributed by atoms with E-state index in [1.165, 1.54) is 37.8 Å². The smallest absolute Gasteiger partial charge is 0.191 e. The third kappa shape index (κ3) is 7.46. The van der Waals surface area contributed by atoms with E-state index in [9.17, 15) is 4.39 Å². The van der Waals surface area contributed by atoms with Gasteiger partial charge in [-0.15, -0.1) is 0 Å². The number of methoxy groups -OCH3 is 1. The molecule has 0 bridgehead atoms. The van der Waals surface area contributed by atoms with Gasteiger partial charge in [-0.05, 0) is 49.4 Å². The molecule has 0 heterocycles. The first kappa shape index (κ1) is 21.6. The lowest BCUT2D eigenvalue weighted by Crippen LogP contribution is -2.45. The highest BCUT2D eigenvalue weighted by Crippen LogP contribution is 2.40. The summed E-state index contributed by atoms with van der Waals surface area (Å²) < 4.78 is 18.3. The van der Waals surface area contributed by atoms with Crippen LogP contribution in [-0.2, 0) is 11.3 Å². The maximum atomic E-state index is 13.0. The van der Waals surface area contributed by atoms with Crippen molar-refractivity contribution in [3.8, 4) is 0 Å². The predicted octanol–water partition coefficient (Wildman–Crippen LogP) is 3.02. The summed E-state index contributed by atoms with van der Waals surface area (Å²) in [4.78, 5) is 6.57. The van der Waals surface area contributed by atoms with Crippen LogP contribution >= 0.6 is 0 Å². The molecule has 0 aliphatic heterocycles. The third-order valence-electron chi connectivity index (χ3n) is 5.51. The molecule has 0 aromatic heterocycles. The zero-order valence-electron chi connectivity index (χ0n) is 17.1. The molecule has 1 aliphatic carbocycles. The summed E-state index contributed by atoms with van der Waals surface area (Å²) in [5.41, 5.74) is 1.45. The second-order valence-corrected chi connectivity index (χ2v) is 7.67. The summed E-state index contributed by atoms with van der Waals surface area (Å²) in [6.07, 6.45) is 6.26. The van der Waals surface area contributed by atoms with Gasteiger partial charge in [-0.1, -0.05) is 25.0 Å². The molecule has 1 fully saturated rings. The van der Waals surface area contributed by atoms with Crippen LogP contribution in [-0.4, -0.2) is 58.3 Å². The first-order valence-corrected chi connectivity index (χ1v) is 9.93. The molecule has 0 radical (unpaired) electrons. The van der Waals surface area contributed by atoms with Gasteiger partial charge in [-0.25, -0.2) is 4.39 Å². The molecule has 0 unspecified atom stereocenters. The van der Waals surface area contributed by atoms with Crippen molar-refractivity contribution in [2.45, 2.75) is 38.6 Å². The molecule has 0 spiro atoms. The van der Waals surface area contributed by atoms with E-state index in [2.05, 4.69) is 27.6 Å². The topological polar surface area (TPSA) is 48.9 Å². The number of halogens is 1. The van der Waals surface area contributed by atoms with Crippen molar-refractivity contribution < 1.29 is 9.13 Å². The Hall–Kier alpha value is -1.66. The van der Waals surface area contributed by atoms with Gasteiger partial charge in [0.2, 0.25) is 0 Å². The molecule has 1 aromatic carbocycles. The molecule has 1 aromatic rings. The monoisotopic (exact) mass is 378 g/mol. The fraction of sp³-hybridized carbons (Fsp3) is 0.667. The van der Waals surface area contributed by atoms with Crippen LogP contribution in [0.15, 0.2) is 29.3 Å². The Bertz CT molecular complexity index is 570. The summed E-state index contributed by atoms with van der Waals surface area (Å²) in [6.45, 7) is 4.26. The van der Waals surface area contributed by atoms with E-state index in [1.54, 1.807) is 7.11 Å². The van der Waals surface area contributed by atoms with Gasteiger partial charge in [0.15, 0.2) is 5.96 Å². The maximum absolute atomic E-state index is 13.0. The van der Waals surface area contributed by atoms with Crippen molar-refractivity contribution in [2.24, 2.45) is 10.4 Å². The minimum absolute atomic E-state index is 0.191. The number of likely N-dealkylation sites (N-methyl/N-ethyl adjacent to an activating group) is 1. The number of nitrogens with zero attached hydrogens (tertiary/aromatic N) is 2. The standard InChI is InChI=1S/C21H35FN4O/c1-23-20(25-17-21(12-15-27-3)10-4-5-11-21)24-13-14-26(2)16-18-6-8-19(22)9-7-18/h6-9H,4-5,10-17H2,1-3H3,(H2,23,24,25). The second-order valence-electron chi connectivity index (χ2n) is 7.67. The Labute approximate surface area is 163 Å². The fourth-order valence-electron chi connectivity index (χ4n) is 3.80. The summed E-state index contributed by atoms with van der Waals surface area (Å²) in [5, 5.41) is 6.91. The van der Waals surface area contributed by atoms with Gasteiger partial charge in [0.25, 0.3) is 0 Å². The highest BCUT2D eigenvalue weighted by Gasteiger charge is 2.33. The number of benzene rings is 1. The normalized spacial score (nSPS) is 16.7. The molecule has 0 atom stereocenters. The van der Waals surface area contributed by atoms with Crippen molar-refractivity contribution in [2.75, 3.05) is 47.4 Å². The molecule has 0 amide bonds. The van der Waals surface area contributed by atoms with Gasteiger partial charge < -0.3 is 20.3 Å². The second kappa shape index (κ2) is 11.2. The van der Waals surface area contributed by atoms with Crippen LogP contribution in [0.5, 0.6) is 0 Å². The summed E-state index contributed by atoms with van der Waals surface area (Å²) in [7, 11) is 5.66. The molecular formula is C21H35FN4O. The lowest BCUT2D eigenvalue weighted by Gasteiger charge is -2.30. The van der Waals surface area contributed by atoms with Gasteiger partial charge in [0.05, 0.1) is 0 Å². The number of nitrogens with one attached hydrogen (secondary N) is 2. The average molecular weight is 379 g/mol. The Morgan fingerprint density at radius 2 is 1.93 bits per heavy atom. The number of guanidine groups is 1. The number of aliphatic imine (C=N–C) groups is 1. The SMILES string of the molecule is CN=C(NCCN(C)Cc1ccc(F)cc1)NCC1(CCOC)CCCC1. The largest absolute Gasteiger partial charge is 0.385 e. The minimum Gasteiger partial charge on any atom is -0.385 e. The third-order valence-corrected chi connectivity index (χ3v) is 5.51. The van der Waals surface area contributed by atoms with Crippen LogP contribution in [0.3, 0.4) is 0 Å². The van der Waals surface area contributed by atoms with E-state index in [4.69, 9.17) is 4.74 Å². The Balaban J connectivity index is 1.70. The first-order valence-electron chi connectivity index (χ1n) is 9.93. The van der Waals surface area contributed by atoms with Gasteiger partial charge in [-0.3, -0.25) is 4.99 Å². The molecule has 2 rings (SSSR count). The summed E-state index contributed by atoms with van der Waals surface area (Å²) >= 11 is 0. The van der Waals surface area contributed by atoms with Crippen molar-refractivity contribution in [3.63, 3.8) is 0 Å². The molecule has 152 valence electrons. The quantitative estimate of drug-likeness (QED) is 0.485. The van der Waals surface area contributed by atoms with Crippen molar-refractivity contribution in [3.05, 3.63) is 35.6 Å². The lowest BCUT2D eigenvalue weighted by atomic mass is 9.83. The van der Waals surface area contributed by atoms with Crippen LogP contribution in [0.4, 0.5) is 4.39 Å². The Morgan fingerprint density at radius 3 is 2.56 bits per heavy atom. The number of hydrogen-bond donors (Lipinski definition) is 2. The molecule has 2 N–H and O–H groups in total.